The normalized spacial score (nSPS) is 10.3. The molecule has 0 amide bonds. The minimum atomic E-state index is 0.00237. The molecular formula is C12H12O2S. The lowest BCUT2D eigenvalue weighted by molar-refractivity contribution is 0.274. The first-order chi connectivity index (χ1) is 7.35. The Morgan fingerprint density at radius 2 is 2.20 bits per heavy atom. The highest BCUT2D eigenvalue weighted by Gasteiger charge is 2.05. The summed E-state index contributed by atoms with van der Waals surface area (Å²) in [6.45, 7) is 0.00237. The van der Waals surface area contributed by atoms with E-state index in [1.807, 2.05) is 29.6 Å². The van der Waals surface area contributed by atoms with Crippen molar-refractivity contribution in [2.75, 3.05) is 7.11 Å². The summed E-state index contributed by atoms with van der Waals surface area (Å²) in [7, 11) is 1.61. The predicted molar refractivity (Wildman–Crippen MR) is 62.2 cm³/mol. The van der Waals surface area contributed by atoms with Gasteiger partial charge < -0.3 is 9.84 Å². The van der Waals surface area contributed by atoms with Gasteiger partial charge in [-0.25, -0.2) is 0 Å². The maximum atomic E-state index is 9.19. The Hall–Kier alpha value is -1.32. The monoisotopic (exact) mass is 220 g/mol. The van der Waals surface area contributed by atoms with Crippen LogP contribution in [-0.2, 0) is 6.61 Å². The topological polar surface area (TPSA) is 29.5 Å². The molecule has 2 rings (SSSR count). The number of benzene rings is 1. The Morgan fingerprint density at radius 3 is 2.80 bits per heavy atom. The average Bonchev–Trinajstić information content (AvgIpc) is 2.81. The zero-order chi connectivity index (χ0) is 10.7. The van der Waals surface area contributed by atoms with Crippen molar-refractivity contribution >= 4 is 11.3 Å². The molecule has 0 bridgehead atoms. The Morgan fingerprint density at radius 1 is 1.33 bits per heavy atom. The van der Waals surface area contributed by atoms with Gasteiger partial charge in [0, 0.05) is 10.4 Å². The smallest absolute Gasteiger partial charge is 0.124 e. The van der Waals surface area contributed by atoms with Crippen LogP contribution < -0.4 is 4.74 Å². The van der Waals surface area contributed by atoms with Gasteiger partial charge in [0.05, 0.1) is 13.7 Å². The highest BCUT2D eigenvalue weighted by atomic mass is 32.1. The van der Waals surface area contributed by atoms with Crippen LogP contribution >= 0.6 is 11.3 Å². The van der Waals surface area contributed by atoms with Crippen molar-refractivity contribution in [1.29, 1.82) is 0 Å². The lowest BCUT2D eigenvalue weighted by Gasteiger charge is -2.07. The second-order valence-corrected chi connectivity index (χ2v) is 4.11. The Balaban J connectivity index is 2.43. The summed E-state index contributed by atoms with van der Waals surface area (Å²) in [6, 6.07) is 9.94. The van der Waals surface area contributed by atoms with Crippen molar-refractivity contribution < 1.29 is 9.84 Å². The van der Waals surface area contributed by atoms with Gasteiger partial charge in [-0.1, -0.05) is 6.07 Å². The fraction of sp³-hybridized carbons (Fsp3) is 0.167. The highest BCUT2D eigenvalue weighted by molar-refractivity contribution is 7.13. The molecule has 0 atom stereocenters. The third-order valence-electron chi connectivity index (χ3n) is 2.26. The molecule has 0 radical (unpaired) electrons. The van der Waals surface area contributed by atoms with Crippen LogP contribution in [-0.4, -0.2) is 12.2 Å². The summed E-state index contributed by atoms with van der Waals surface area (Å²) in [6.07, 6.45) is 0. The predicted octanol–water partition coefficient (Wildman–Crippen LogP) is 2.92. The number of methoxy groups -OCH3 is 1. The third-order valence-corrected chi connectivity index (χ3v) is 3.18. The van der Waals surface area contributed by atoms with Gasteiger partial charge in [-0.2, -0.15) is 0 Å². The van der Waals surface area contributed by atoms with Gasteiger partial charge in [0.1, 0.15) is 5.75 Å². The first-order valence-corrected chi connectivity index (χ1v) is 5.55. The first kappa shape index (κ1) is 10.2. The van der Waals surface area contributed by atoms with Crippen LogP contribution in [0, 0.1) is 0 Å². The minimum absolute atomic E-state index is 0.00237. The molecule has 0 spiro atoms. The van der Waals surface area contributed by atoms with E-state index in [-0.39, 0.29) is 6.61 Å². The molecule has 78 valence electrons. The van der Waals surface area contributed by atoms with Crippen molar-refractivity contribution in [2.45, 2.75) is 6.61 Å². The number of ether oxygens (including phenoxy) is 1. The summed E-state index contributed by atoms with van der Waals surface area (Å²) in [4.78, 5) is 1.20. The number of rotatable bonds is 3. The van der Waals surface area contributed by atoms with E-state index in [0.29, 0.717) is 0 Å². The van der Waals surface area contributed by atoms with E-state index in [0.717, 1.165) is 16.9 Å². The van der Waals surface area contributed by atoms with Gasteiger partial charge in [-0.15, -0.1) is 11.3 Å². The lowest BCUT2D eigenvalue weighted by atomic mass is 10.1. The van der Waals surface area contributed by atoms with Gasteiger partial charge in [-0.05, 0) is 35.2 Å². The molecule has 1 heterocycles. The van der Waals surface area contributed by atoms with Gasteiger partial charge in [0.25, 0.3) is 0 Å². The molecule has 0 aliphatic rings. The standard InChI is InChI=1S/C12H12O2S/c1-14-11-5-4-9(7-10(11)8-13)12-3-2-6-15-12/h2-7,13H,8H2,1H3. The van der Waals surface area contributed by atoms with Crippen LogP contribution in [0.1, 0.15) is 5.56 Å². The SMILES string of the molecule is COc1ccc(-c2cccs2)cc1CO. The molecule has 15 heavy (non-hydrogen) atoms. The van der Waals surface area contributed by atoms with Crippen molar-refractivity contribution in [3.05, 3.63) is 41.3 Å². The quantitative estimate of drug-likeness (QED) is 0.861. The second-order valence-electron chi connectivity index (χ2n) is 3.16. The van der Waals surface area contributed by atoms with Crippen LogP contribution in [0.25, 0.3) is 10.4 Å². The number of aliphatic hydroxyl groups is 1. The maximum absolute atomic E-state index is 9.19. The number of hydrogen-bond acceptors (Lipinski definition) is 3. The minimum Gasteiger partial charge on any atom is -0.496 e. The molecule has 1 aromatic carbocycles. The summed E-state index contributed by atoms with van der Waals surface area (Å²) < 4.78 is 5.15. The summed E-state index contributed by atoms with van der Waals surface area (Å²) in [5, 5.41) is 11.2. The van der Waals surface area contributed by atoms with E-state index >= 15 is 0 Å². The second kappa shape index (κ2) is 4.47. The average molecular weight is 220 g/mol. The number of hydrogen-bond donors (Lipinski definition) is 1. The molecule has 0 saturated carbocycles. The van der Waals surface area contributed by atoms with E-state index in [2.05, 4.69) is 6.07 Å². The van der Waals surface area contributed by atoms with Gasteiger partial charge in [0.15, 0.2) is 0 Å². The van der Waals surface area contributed by atoms with Crippen LogP contribution in [0.5, 0.6) is 5.75 Å². The Labute approximate surface area is 92.8 Å². The molecular weight excluding hydrogens is 208 g/mol. The number of aliphatic hydroxyl groups excluding tert-OH is 1. The molecule has 0 aliphatic heterocycles. The lowest BCUT2D eigenvalue weighted by Crippen LogP contribution is -1.91. The summed E-state index contributed by atoms with van der Waals surface area (Å²) in [5.41, 5.74) is 1.94. The fourth-order valence-corrected chi connectivity index (χ4v) is 2.22. The van der Waals surface area contributed by atoms with E-state index in [9.17, 15) is 5.11 Å². The number of thiophene rings is 1. The Bertz CT molecular complexity index is 435. The van der Waals surface area contributed by atoms with E-state index in [1.165, 1.54) is 4.88 Å². The molecule has 0 aliphatic carbocycles. The highest BCUT2D eigenvalue weighted by Crippen LogP contribution is 2.29. The van der Waals surface area contributed by atoms with Crippen molar-refractivity contribution in [3.63, 3.8) is 0 Å². The van der Waals surface area contributed by atoms with Crippen molar-refractivity contribution in [2.24, 2.45) is 0 Å². The summed E-state index contributed by atoms with van der Waals surface area (Å²) >= 11 is 1.69. The van der Waals surface area contributed by atoms with Gasteiger partial charge in [0.2, 0.25) is 0 Å². The van der Waals surface area contributed by atoms with E-state index in [1.54, 1.807) is 18.4 Å². The van der Waals surface area contributed by atoms with Crippen LogP contribution in [0.15, 0.2) is 35.7 Å². The van der Waals surface area contributed by atoms with E-state index < -0.39 is 0 Å². The zero-order valence-electron chi connectivity index (χ0n) is 8.43. The van der Waals surface area contributed by atoms with Crippen LogP contribution in [0.4, 0.5) is 0 Å². The maximum Gasteiger partial charge on any atom is 0.124 e. The fourth-order valence-electron chi connectivity index (χ4n) is 1.50. The summed E-state index contributed by atoms with van der Waals surface area (Å²) in [5.74, 6) is 0.734. The molecule has 0 saturated heterocycles. The third kappa shape index (κ3) is 2.03. The molecule has 0 fully saturated rings. The van der Waals surface area contributed by atoms with Crippen molar-refractivity contribution in [1.82, 2.24) is 0 Å². The largest absolute Gasteiger partial charge is 0.496 e. The van der Waals surface area contributed by atoms with Gasteiger partial charge in [-0.3, -0.25) is 0 Å². The first-order valence-electron chi connectivity index (χ1n) is 4.67. The van der Waals surface area contributed by atoms with Crippen LogP contribution in [0.3, 0.4) is 0 Å². The molecule has 0 unspecified atom stereocenters. The molecule has 2 nitrogen and oxygen atoms in total. The molecule has 1 aromatic heterocycles. The van der Waals surface area contributed by atoms with Gasteiger partial charge >= 0.3 is 0 Å². The zero-order valence-corrected chi connectivity index (χ0v) is 9.25. The molecule has 1 N–H and O–H groups in total. The Kier molecular flexibility index (Phi) is 3.04. The molecule has 2 aromatic rings. The van der Waals surface area contributed by atoms with E-state index in [4.69, 9.17) is 4.74 Å². The van der Waals surface area contributed by atoms with Crippen molar-refractivity contribution in [3.8, 4) is 16.2 Å². The molecule has 3 heteroatoms. The van der Waals surface area contributed by atoms with Crippen LogP contribution in [0.2, 0.25) is 0 Å².